The van der Waals surface area contributed by atoms with Gasteiger partial charge in [0.05, 0.1) is 0 Å². The maximum absolute atomic E-state index is 10.8. The van der Waals surface area contributed by atoms with E-state index in [1.807, 2.05) is 6.92 Å². The van der Waals surface area contributed by atoms with E-state index >= 15 is 0 Å². The zero-order valence-corrected chi connectivity index (χ0v) is 7.50. The quantitative estimate of drug-likeness (QED) is 0.479. The van der Waals surface area contributed by atoms with Gasteiger partial charge in [-0.15, -0.1) is 0 Å². The number of carbonyl (C=O) groups excluding carboxylic acids is 1. The monoisotopic (exact) mass is 169 g/mol. The summed E-state index contributed by atoms with van der Waals surface area (Å²) in [7, 11) is 0. The molecule has 2 atom stereocenters. The summed E-state index contributed by atoms with van der Waals surface area (Å²) in [5, 5.41) is 6.40. The van der Waals surface area contributed by atoms with Crippen molar-refractivity contribution in [3.05, 3.63) is 0 Å². The molecule has 0 bridgehead atoms. The van der Waals surface area contributed by atoms with Gasteiger partial charge in [-0.2, -0.15) is 5.10 Å². The van der Waals surface area contributed by atoms with E-state index in [2.05, 4.69) is 22.8 Å². The Hall–Kier alpha value is -1.06. The molecule has 2 unspecified atom stereocenters. The summed E-state index contributed by atoms with van der Waals surface area (Å²) in [5.41, 5.74) is 2.39. The van der Waals surface area contributed by atoms with Crippen LogP contribution in [0.5, 0.6) is 0 Å². The molecule has 4 heteroatoms. The summed E-state index contributed by atoms with van der Waals surface area (Å²) < 4.78 is 0. The average Bonchev–Trinajstić information content (AvgIpc) is 2.67. The van der Waals surface area contributed by atoms with Crippen LogP contribution in [0.2, 0.25) is 0 Å². The van der Waals surface area contributed by atoms with Gasteiger partial charge < -0.3 is 5.32 Å². The molecule has 12 heavy (non-hydrogen) atoms. The van der Waals surface area contributed by atoms with Crippen LogP contribution in [-0.2, 0) is 0 Å². The van der Waals surface area contributed by atoms with Crippen LogP contribution in [0.3, 0.4) is 0 Å². The molecule has 1 saturated carbocycles. The Kier molecular flexibility index (Phi) is 3.08. The van der Waals surface area contributed by atoms with Crippen molar-refractivity contribution in [3.63, 3.8) is 0 Å². The van der Waals surface area contributed by atoms with Gasteiger partial charge in [-0.05, 0) is 25.2 Å². The SMILES string of the molecule is CCNC(=O)N/N=C/C1CC1C. The van der Waals surface area contributed by atoms with Gasteiger partial charge in [0.25, 0.3) is 0 Å². The fraction of sp³-hybridized carbons (Fsp3) is 0.750. The predicted molar refractivity (Wildman–Crippen MR) is 48.0 cm³/mol. The third-order valence-electron chi connectivity index (χ3n) is 1.94. The number of amides is 2. The second-order valence-electron chi connectivity index (χ2n) is 3.13. The molecule has 1 fully saturated rings. The molecule has 0 heterocycles. The second-order valence-corrected chi connectivity index (χ2v) is 3.13. The van der Waals surface area contributed by atoms with Gasteiger partial charge in [0.1, 0.15) is 0 Å². The summed E-state index contributed by atoms with van der Waals surface area (Å²) in [5.74, 6) is 1.32. The van der Waals surface area contributed by atoms with Gasteiger partial charge in [0, 0.05) is 12.8 Å². The molecule has 1 aliphatic rings. The van der Waals surface area contributed by atoms with Gasteiger partial charge in [-0.25, -0.2) is 10.2 Å². The molecule has 2 amide bonds. The van der Waals surface area contributed by atoms with Crippen LogP contribution in [0.15, 0.2) is 5.10 Å². The second kappa shape index (κ2) is 4.09. The molecular weight excluding hydrogens is 154 g/mol. The van der Waals surface area contributed by atoms with Gasteiger partial charge in [0.2, 0.25) is 0 Å². The molecule has 0 aromatic heterocycles. The lowest BCUT2D eigenvalue weighted by Gasteiger charge is -1.98. The first kappa shape index (κ1) is 9.03. The highest BCUT2D eigenvalue weighted by Gasteiger charge is 2.30. The molecule has 4 nitrogen and oxygen atoms in total. The summed E-state index contributed by atoms with van der Waals surface area (Å²) in [6.07, 6.45) is 3.00. The summed E-state index contributed by atoms with van der Waals surface area (Å²) in [6.45, 7) is 4.66. The minimum absolute atomic E-state index is 0.234. The maximum atomic E-state index is 10.8. The fourth-order valence-electron chi connectivity index (χ4n) is 0.950. The molecule has 0 aliphatic heterocycles. The highest BCUT2D eigenvalue weighted by molar-refractivity contribution is 5.75. The Morgan fingerprint density at radius 3 is 2.92 bits per heavy atom. The molecule has 68 valence electrons. The number of urea groups is 1. The van der Waals surface area contributed by atoms with Crippen molar-refractivity contribution in [2.24, 2.45) is 16.9 Å². The van der Waals surface area contributed by atoms with E-state index in [0.29, 0.717) is 12.5 Å². The van der Waals surface area contributed by atoms with Crippen molar-refractivity contribution in [2.75, 3.05) is 6.54 Å². The Morgan fingerprint density at radius 2 is 2.42 bits per heavy atom. The molecule has 1 aliphatic carbocycles. The third-order valence-corrected chi connectivity index (χ3v) is 1.94. The molecule has 0 radical (unpaired) electrons. The van der Waals surface area contributed by atoms with E-state index in [9.17, 15) is 4.79 Å². The fourth-order valence-corrected chi connectivity index (χ4v) is 0.950. The Balaban J connectivity index is 2.08. The van der Waals surface area contributed by atoms with Crippen molar-refractivity contribution in [3.8, 4) is 0 Å². The molecule has 0 saturated heterocycles. The molecule has 0 aromatic carbocycles. The van der Waals surface area contributed by atoms with Crippen LogP contribution >= 0.6 is 0 Å². The van der Waals surface area contributed by atoms with Crippen molar-refractivity contribution in [1.29, 1.82) is 0 Å². The molecule has 2 N–H and O–H groups in total. The minimum atomic E-state index is -0.234. The zero-order valence-electron chi connectivity index (χ0n) is 7.50. The highest BCUT2D eigenvalue weighted by Crippen LogP contribution is 2.35. The van der Waals surface area contributed by atoms with Crippen LogP contribution in [0.4, 0.5) is 4.79 Å². The van der Waals surface area contributed by atoms with E-state index in [-0.39, 0.29) is 6.03 Å². The number of carbonyl (C=O) groups is 1. The van der Waals surface area contributed by atoms with Crippen molar-refractivity contribution >= 4 is 12.2 Å². The third kappa shape index (κ3) is 2.90. The van der Waals surface area contributed by atoms with Crippen LogP contribution in [-0.4, -0.2) is 18.8 Å². The van der Waals surface area contributed by atoms with E-state index in [1.54, 1.807) is 6.21 Å². The number of hydrogen-bond acceptors (Lipinski definition) is 2. The van der Waals surface area contributed by atoms with E-state index < -0.39 is 0 Å². The Bertz CT molecular complexity index is 191. The summed E-state index contributed by atoms with van der Waals surface area (Å²) in [6, 6.07) is -0.234. The summed E-state index contributed by atoms with van der Waals surface area (Å²) in [4.78, 5) is 10.8. The molecular formula is C8H15N3O. The lowest BCUT2D eigenvalue weighted by atomic mass is 10.4. The number of rotatable bonds is 3. The van der Waals surface area contributed by atoms with Crippen molar-refractivity contribution in [1.82, 2.24) is 10.7 Å². The number of hydrogen-bond donors (Lipinski definition) is 2. The number of nitrogens with zero attached hydrogens (tertiary/aromatic N) is 1. The standard InChI is InChI=1S/C8H15N3O/c1-3-9-8(12)11-10-5-7-4-6(7)2/h5-7H,3-4H2,1-2H3,(H2,9,11,12)/b10-5+. The smallest absolute Gasteiger partial charge is 0.335 e. The number of hydrazone groups is 1. The van der Waals surface area contributed by atoms with E-state index in [0.717, 1.165) is 5.92 Å². The maximum Gasteiger partial charge on any atom is 0.335 e. The van der Waals surface area contributed by atoms with Gasteiger partial charge in [-0.1, -0.05) is 6.92 Å². The Labute approximate surface area is 72.4 Å². The van der Waals surface area contributed by atoms with Crippen molar-refractivity contribution < 1.29 is 4.79 Å². The molecule has 1 rings (SSSR count). The Morgan fingerprint density at radius 1 is 1.75 bits per heavy atom. The lowest BCUT2D eigenvalue weighted by molar-refractivity contribution is 0.242. The minimum Gasteiger partial charge on any atom is -0.337 e. The topological polar surface area (TPSA) is 53.5 Å². The van der Waals surface area contributed by atoms with Crippen LogP contribution < -0.4 is 10.7 Å². The van der Waals surface area contributed by atoms with E-state index in [4.69, 9.17) is 0 Å². The number of nitrogens with one attached hydrogen (secondary N) is 2. The van der Waals surface area contributed by atoms with Crippen LogP contribution in [0.1, 0.15) is 20.3 Å². The first-order chi connectivity index (χ1) is 5.74. The predicted octanol–water partition coefficient (Wildman–Crippen LogP) is 0.947. The van der Waals surface area contributed by atoms with Gasteiger partial charge >= 0.3 is 6.03 Å². The van der Waals surface area contributed by atoms with Gasteiger partial charge in [-0.3, -0.25) is 0 Å². The normalized spacial score (nSPS) is 27.2. The lowest BCUT2D eigenvalue weighted by Crippen LogP contribution is -2.31. The average molecular weight is 169 g/mol. The van der Waals surface area contributed by atoms with E-state index in [1.165, 1.54) is 6.42 Å². The highest BCUT2D eigenvalue weighted by atomic mass is 16.2. The zero-order chi connectivity index (χ0) is 8.97. The van der Waals surface area contributed by atoms with Crippen LogP contribution in [0.25, 0.3) is 0 Å². The molecule has 0 aromatic rings. The van der Waals surface area contributed by atoms with Crippen molar-refractivity contribution in [2.45, 2.75) is 20.3 Å². The first-order valence-corrected chi connectivity index (χ1v) is 4.31. The van der Waals surface area contributed by atoms with Crippen LogP contribution in [0, 0.1) is 11.8 Å². The summed E-state index contributed by atoms with van der Waals surface area (Å²) >= 11 is 0. The molecule has 0 spiro atoms. The first-order valence-electron chi connectivity index (χ1n) is 4.31. The van der Waals surface area contributed by atoms with Gasteiger partial charge in [0.15, 0.2) is 0 Å². The largest absolute Gasteiger partial charge is 0.337 e.